The molecule has 3 heterocycles. The Hall–Kier alpha value is -4.26. The molecule has 0 radical (unpaired) electrons. The zero-order chi connectivity index (χ0) is 20.7. The van der Waals surface area contributed by atoms with Gasteiger partial charge in [-0.3, -0.25) is 4.79 Å². The number of hydrogen-bond donors (Lipinski definition) is 1. The lowest BCUT2D eigenvalue weighted by Gasteiger charge is -2.07. The molecule has 0 saturated carbocycles. The van der Waals surface area contributed by atoms with Crippen LogP contribution >= 0.6 is 0 Å². The Morgan fingerprint density at radius 3 is 2.53 bits per heavy atom. The summed E-state index contributed by atoms with van der Waals surface area (Å²) in [6.07, 6.45) is 0. The highest BCUT2D eigenvalue weighted by molar-refractivity contribution is 6.06. The minimum atomic E-state index is -0.703. The van der Waals surface area contributed by atoms with Crippen molar-refractivity contribution in [1.82, 2.24) is 9.97 Å². The Kier molecular flexibility index (Phi) is 4.14. The molecule has 146 valence electrons. The van der Waals surface area contributed by atoms with Crippen molar-refractivity contribution in [3.8, 4) is 11.5 Å². The second-order valence-corrected chi connectivity index (χ2v) is 6.77. The molecular formula is C23H15N3O4. The lowest BCUT2D eigenvalue weighted by atomic mass is 10.1. The number of rotatable bonds is 3. The molecule has 1 amide bonds. The molecule has 0 saturated heterocycles. The fourth-order valence-corrected chi connectivity index (χ4v) is 3.19. The number of para-hydroxylation sites is 1. The van der Waals surface area contributed by atoms with Crippen molar-refractivity contribution in [2.45, 2.75) is 6.92 Å². The SMILES string of the molecule is Cc1nc2oc(-c3ccccc3)nc2cc1NC(=O)c1cc2ccccc2oc1=O. The summed E-state index contributed by atoms with van der Waals surface area (Å²) in [6, 6.07) is 19.7. The molecule has 30 heavy (non-hydrogen) atoms. The van der Waals surface area contributed by atoms with Gasteiger partial charge in [-0.15, -0.1) is 0 Å². The average Bonchev–Trinajstić information content (AvgIpc) is 3.16. The maximum absolute atomic E-state index is 12.8. The Bertz CT molecular complexity index is 1470. The topological polar surface area (TPSA) is 98.2 Å². The maximum atomic E-state index is 12.8. The third-order valence-electron chi connectivity index (χ3n) is 4.73. The van der Waals surface area contributed by atoms with Gasteiger partial charge in [0.25, 0.3) is 5.91 Å². The molecule has 0 unspecified atom stereocenters. The van der Waals surface area contributed by atoms with Gasteiger partial charge in [0, 0.05) is 10.9 Å². The molecule has 3 aromatic heterocycles. The number of aryl methyl sites for hydroxylation is 1. The number of aromatic nitrogens is 2. The van der Waals surface area contributed by atoms with Crippen LogP contribution in [0.3, 0.4) is 0 Å². The first kappa shape index (κ1) is 17.8. The van der Waals surface area contributed by atoms with Crippen LogP contribution in [0.15, 0.2) is 80.4 Å². The molecule has 0 spiro atoms. The van der Waals surface area contributed by atoms with Crippen molar-refractivity contribution in [1.29, 1.82) is 0 Å². The highest BCUT2D eigenvalue weighted by Gasteiger charge is 2.17. The van der Waals surface area contributed by atoms with E-state index in [1.807, 2.05) is 30.3 Å². The van der Waals surface area contributed by atoms with Crippen LogP contribution in [0.2, 0.25) is 0 Å². The van der Waals surface area contributed by atoms with Crippen LogP contribution in [0.25, 0.3) is 33.7 Å². The first-order valence-corrected chi connectivity index (χ1v) is 9.26. The fourth-order valence-electron chi connectivity index (χ4n) is 3.19. The van der Waals surface area contributed by atoms with Crippen molar-refractivity contribution in [2.75, 3.05) is 5.32 Å². The van der Waals surface area contributed by atoms with Crippen molar-refractivity contribution in [3.63, 3.8) is 0 Å². The van der Waals surface area contributed by atoms with E-state index in [2.05, 4.69) is 15.3 Å². The van der Waals surface area contributed by atoms with Crippen LogP contribution < -0.4 is 10.9 Å². The second kappa shape index (κ2) is 6.97. The molecule has 2 aromatic carbocycles. The summed E-state index contributed by atoms with van der Waals surface area (Å²) in [7, 11) is 0. The molecule has 7 nitrogen and oxygen atoms in total. The molecule has 7 heteroatoms. The number of pyridine rings is 1. The summed E-state index contributed by atoms with van der Waals surface area (Å²) in [5.41, 5.74) is 2.31. The van der Waals surface area contributed by atoms with Crippen LogP contribution in [0.5, 0.6) is 0 Å². The van der Waals surface area contributed by atoms with E-state index in [4.69, 9.17) is 8.83 Å². The molecule has 0 atom stereocenters. The van der Waals surface area contributed by atoms with Gasteiger partial charge in [0.2, 0.25) is 11.6 Å². The number of nitrogens with one attached hydrogen (secondary N) is 1. The summed E-state index contributed by atoms with van der Waals surface area (Å²) < 4.78 is 11.0. The molecule has 0 aliphatic heterocycles. The van der Waals surface area contributed by atoms with E-state index in [9.17, 15) is 9.59 Å². The monoisotopic (exact) mass is 397 g/mol. The van der Waals surface area contributed by atoms with Crippen molar-refractivity contribution in [2.24, 2.45) is 0 Å². The predicted molar refractivity (Wildman–Crippen MR) is 112 cm³/mol. The second-order valence-electron chi connectivity index (χ2n) is 6.77. The molecule has 0 fully saturated rings. The van der Waals surface area contributed by atoms with Crippen molar-refractivity contribution in [3.05, 3.63) is 88.4 Å². The van der Waals surface area contributed by atoms with Crippen molar-refractivity contribution >= 4 is 33.8 Å². The molecule has 0 aliphatic rings. The van der Waals surface area contributed by atoms with Gasteiger partial charge in [-0.25, -0.2) is 14.8 Å². The third kappa shape index (κ3) is 3.12. The number of carbonyl (C=O) groups is 1. The van der Waals surface area contributed by atoms with Crippen LogP contribution in [0.4, 0.5) is 5.69 Å². The van der Waals surface area contributed by atoms with Gasteiger partial charge in [0.1, 0.15) is 16.7 Å². The molecule has 5 rings (SSSR count). The number of amides is 1. The van der Waals surface area contributed by atoms with E-state index < -0.39 is 11.5 Å². The summed E-state index contributed by atoms with van der Waals surface area (Å²) in [5.74, 6) is -0.137. The van der Waals surface area contributed by atoms with Gasteiger partial charge in [-0.2, -0.15) is 0 Å². The van der Waals surface area contributed by atoms with Gasteiger partial charge < -0.3 is 14.2 Å². The molecule has 5 aromatic rings. The van der Waals surface area contributed by atoms with Gasteiger partial charge >= 0.3 is 5.63 Å². The fraction of sp³-hybridized carbons (Fsp3) is 0.0435. The highest BCUT2D eigenvalue weighted by Crippen LogP contribution is 2.26. The Balaban J connectivity index is 1.50. The number of benzene rings is 2. The average molecular weight is 397 g/mol. The van der Waals surface area contributed by atoms with E-state index in [-0.39, 0.29) is 5.56 Å². The minimum absolute atomic E-state index is 0.0849. The van der Waals surface area contributed by atoms with Gasteiger partial charge in [0.05, 0.1) is 11.4 Å². The van der Waals surface area contributed by atoms with Crippen LogP contribution in [-0.4, -0.2) is 15.9 Å². The van der Waals surface area contributed by atoms with E-state index in [0.717, 1.165) is 5.56 Å². The first-order chi connectivity index (χ1) is 14.6. The lowest BCUT2D eigenvalue weighted by molar-refractivity contribution is 0.102. The summed E-state index contributed by atoms with van der Waals surface area (Å²) in [5, 5.41) is 3.39. The molecule has 0 aliphatic carbocycles. The molecular weight excluding hydrogens is 382 g/mol. The quantitative estimate of drug-likeness (QED) is 0.448. The maximum Gasteiger partial charge on any atom is 0.349 e. The first-order valence-electron chi connectivity index (χ1n) is 9.26. The van der Waals surface area contributed by atoms with Crippen molar-refractivity contribution < 1.29 is 13.6 Å². The van der Waals surface area contributed by atoms with E-state index in [1.165, 1.54) is 6.07 Å². The summed E-state index contributed by atoms with van der Waals surface area (Å²) in [6.45, 7) is 1.74. The van der Waals surface area contributed by atoms with Gasteiger partial charge in [0.15, 0.2) is 0 Å². The van der Waals surface area contributed by atoms with Crippen LogP contribution in [0, 0.1) is 6.92 Å². The number of hydrogen-bond acceptors (Lipinski definition) is 6. The Labute approximate surface area is 170 Å². The zero-order valence-electron chi connectivity index (χ0n) is 15.9. The van der Waals surface area contributed by atoms with Crippen LogP contribution in [-0.2, 0) is 0 Å². The Morgan fingerprint density at radius 2 is 1.70 bits per heavy atom. The largest absolute Gasteiger partial charge is 0.422 e. The van der Waals surface area contributed by atoms with Gasteiger partial charge in [-0.05, 0) is 37.3 Å². The minimum Gasteiger partial charge on any atom is -0.422 e. The number of fused-ring (bicyclic) bond motifs is 2. The van der Waals surface area contributed by atoms with Gasteiger partial charge in [-0.1, -0.05) is 36.4 Å². The highest BCUT2D eigenvalue weighted by atomic mass is 16.4. The van der Waals surface area contributed by atoms with E-state index >= 15 is 0 Å². The number of anilines is 1. The molecule has 0 bridgehead atoms. The molecule has 1 N–H and O–H groups in total. The van der Waals surface area contributed by atoms with Crippen LogP contribution in [0.1, 0.15) is 16.1 Å². The normalized spacial score (nSPS) is 11.1. The third-order valence-corrected chi connectivity index (χ3v) is 4.73. The summed E-state index contributed by atoms with van der Waals surface area (Å²) in [4.78, 5) is 33.9. The number of nitrogens with zero attached hydrogens (tertiary/aromatic N) is 2. The lowest BCUT2D eigenvalue weighted by Crippen LogP contribution is -2.21. The standard InChI is InChI=1S/C23H15N3O4/c1-13-17(12-18-22(24-13)30-21(26-18)14-7-3-2-4-8-14)25-20(27)16-11-15-9-5-6-10-19(15)29-23(16)28/h2-12H,1H3,(H,25,27). The number of oxazole rings is 1. The Morgan fingerprint density at radius 1 is 0.933 bits per heavy atom. The number of carbonyl (C=O) groups excluding carboxylic acids is 1. The van der Waals surface area contributed by atoms with E-state index in [0.29, 0.717) is 39.5 Å². The summed E-state index contributed by atoms with van der Waals surface area (Å²) >= 11 is 0. The smallest absolute Gasteiger partial charge is 0.349 e. The predicted octanol–water partition coefficient (Wildman–Crippen LogP) is 4.56. The van der Waals surface area contributed by atoms with E-state index in [1.54, 1.807) is 37.3 Å². The zero-order valence-corrected chi connectivity index (χ0v) is 15.9.